The number of carbonyl (C=O) groups excluding carboxylic acids is 2. The Hall–Kier alpha value is -1.10. The van der Waals surface area contributed by atoms with Crippen LogP contribution in [0.15, 0.2) is 0 Å². The maximum absolute atomic E-state index is 11.3. The fraction of sp³-hybridized carbons (Fsp3) is 0.800. The smallest absolute Gasteiger partial charge is 0.319 e. The van der Waals surface area contributed by atoms with Gasteiger partial charge in [0.15, 0.2) is 0 Å². The first-order chi connectivity index (χ1) is 7.11. The summed E-state index contributed by atoms with van der Waals surface area (Å²) in [5.41, 5.74) is 0. The number of esters is 1. The fourth-order valence-electron chi connectivity index (χ4n) is 0.942. The minimum Gasteiger partial charge on any atom is -0.465 e. The van der Waals surface area contributed by atoms with E-state index in [0.717, 1.165) is 6.42 Å². The minimum atomic E-state index is -0.374. The van der Waals surface area contributed by atoms with Gasteiger partial charge in [-0.25, -0.2) is 0 Å². The summed E-state index contributed by atoms with van der Waals surface area (Å²) in [6.45, 7) is 6.52. The van der Waals surface area contributed by atoms with Crippen molar-refractivity contribution >= 4 is 11.9 Å². The second kappa shape index (κ2) is 8.23. The standard InChI is InChI=1S/C10H20N2O3/c1-4-6-11-10(14)8(3)12-7-9(13)15-5-2/h8,12H,4-7H2,1-3H3,(H,11,14). The van der Waals surface area contributed by atoms with Crippen LogP contribution in [-0.2, 0) is 14.3 Å². The van der Waals surface area contributed by atoms with E-state index in [1.807, 2.05) is 6.92 Å². The van der Waals surface area contributed by atoms with Gasteiger partial charge in [-0.15, -0.1) is 0 Å². The molecule has 0 aromatic rings. The van der Waals surface area contributed by atoms with Gasteiger partial charge in [-0.2, -0.15) is 0 Å². The Balaban J connectivity index is 3.67. The number of hydrogen-bond acceptors (Lipinski definition) is 4. The Labute approximate surface area is 90.6 Å². The van der Waals surface area contributed by atoms with Gasteiger partial charge in [0.25, 0.3) is 0 Å². The molecule has 2 N–H and O–H groups in total. The molecule has 0 bridgehead atoms. The van der Waals surface area contributed by atoms with Gasteiger partial charge in [-0.3, -0.25) is 14.9 Å². The molecule has 0 saturated heterocycles. The highest BCUT2D eigenvalue weighted by Crippen LogP contribution is 1.84. The van der Waals surface area contributed by atoms with E-state index in [0.29, 0.717) is 13.2 Å². The first-order valence-corrected chi connectivity index (χ1v) is 5.28. The van der Waals surface area contributed by atoms with Crippen molar-refractivity contribution in [3.05, 3.63) is 0 Å². The average Bonchev–Trinajstić information content (AvgIpc) is 2.22. The fourth-order valence-corrected chi connectivity index (χ4v) is 0.942. The van der Waals surface area contributed by atoms with Crippen molar-refractivity contribution in [1.29, 1.82) is 0 Å². The number of hydrogen-bond donors (Lipinski definition) is 2. The molecule has 0 fully saturated rings. The van der Waals surface area contributed by atoms with Gasteiger partial charge < -0.3 is 10.1 Å². The summed E-state index contributed by atoms with van der Waals surface area (Å²) in [6.07, 6.45) is 0.899. The summed E-state index contributed by atoms with van der Waals surface area (Å²) in [7, 11) is 0. The van der Waals surface area contributed by atoms with E-state index in [1.165, 1.54) is 0 Å². The predicted octanol–water partition coefficient (Wildman–Crippen LogP) is 0.0538. The zero-order chi connectivity index (χ0) is 11.7. The first-order valence-electron chi connectivity index (χ1n) is 5.28. The molecular weight excluding hydrogens is 196 g/mol. The van der Waals surface area contributed by atoms with Crippen molar-refractivity contribution in [1.82, 2.24) is 10.6 Å². The molecule has 0 aliphatic carbocycles. The summed E-state index contributed by atoms with van der Waals surface area (Å²) in [4.78, 5) is 22.3. The molecule has 0 aromatic heterocycles. The minimum absolute atomic E-state index is 0.0640. The van der Waals surface area contributed by atoms with E-state index in [-0.39, 0.29) is 24.5 Å². The summed E-state index contributed by atoms with van der Waals surface area (Å²) < 4.78 is 4.72. The molecule has 0 heterocycles. The highest BCUT2D eigenvalue weighted by atomic mass is 16.5. The second-order valence-corrected chi connectivity index (χ2v) is 3.20. The number of carbonyl (C=O) groups is 2. The van der Waals surface area contributed by atoms with Crippen molar-refractivity contribution in [2.24, 2.45) is 0 Å². The van der Waals surface area contributed by atoms with Crippen LogP contribution < -0.4 is 10.6 Å². The van der Waals surface area contributed by atoms with Gasteiger partial charge in [-0.05, 0) is 20.3 Å². The van der Waals surface area contributed by atoms with Gasteiger partial charge in [0, 0.05) is 6.54 Å². The van der Waals surface area contributed by atoms with Gasteiger partial charge in [0.2, 0.25) is 5.91 Å². The Morgan fingerprint density at radius 2 is 2.00 bits per heavy atom. The highest BCUT2D eigenvalue weighted by Gasteiger charge is 2.12. The van der Waals surface area contributed by atoms with E-state index in [2.05, 4.69) is 10.6 Å². The third-order valence-corrected chi connectivity index (χ3v) is 1.80. The van der Waals surface area contributed by atoms with Gasteiger partial charge in [0.1, 0.15) is 0 Å². The SMILES string of the molecule is CCCNC(=O)C(C)NCC(=O)OCC. The lowest BCUT2D eigenvalue weighted by Crippen LogP contribution is -2.44. The summed E-state index contributed by atoms with van der Waals surface area (Å²) >= 11 is 0. The summed E-state index contributed by atoms with van der Waals surface area (Å²) in [5.74, 6) is -0.436. The largest absolute Gasteiger partial charge is 0.465 e. The number of rotatable bonds is 7. The van der Waals surface area contributed by atoms with E-state index in [9.17, 15) is 9.59 Å². The molecule has 0 aliphatic rings. The molecule has 0 rings (SSSR count). The van der Waals surface area contributed by atoms with Crippen molar-refractivity contribution < 1.29 is 14.3 Å². The van der Waals surface area contributed by atoms with Crippen LogP contribution in [0.5, 0.6) is 0 Å². The zero-order valence-corrected chi connectivity index (χ0v) is 9.63. The van der Waals surface area contributed by atoms with Gasteiger partial charge in [0.05, 0.1) is 19.2 Å². The summed E-state index contributed by atoms with van der Waals surface area (Å²) in [5, 5.41) is 5.52. The van der Waals surface area contributed by atoms with Crippen molar-refractivity contribution in [2.75, 3.05) is 19.7 Å². The van der Waals surface area contributed by atoms with E-state index in [1.54, 1.807) is 13.8 Å². The van der Waals surface area contributed by atoms with E-state index >= 15 is 0 Å². The van der Waals surface area contributed by atoms with Crippen LogP contribution in [0.2, 0.25) is 0 Å². The topological polar surface area (TPSA) is 67.4 Å². The maximum atomic E-state index is 11.3. The van der Waals surface area contributed by atoms with Crippen molar-refractivity contribution in [3.63, 3.8) is 0 Å². The van der Waals surface area contributed by atoms with Crippen molar-refractivity contribution in [2.45, 2.75) is 33.2 Å². The Morgan fingerprint density at radius 1 is 1.33 bits per heavy atom. The molecule has 0 radical (unpaired) electrons. The quantitative estimate of drug-likeness (QED) is 0.590. The number of amides is 1. The van der Waals surface area contributed by atoms with Crippen LogP contribution in [0, 0.1) is 0 Å². The van der Waals surface area contributed by atoms with Crippen LogP contribution in [0.3, 0.4) is 0 Å². The first kappa shape index (κ1) is 13.9. The van der Waals surface area contributed by atoms with Crippen LogP contribution in [0.1, 0.15) is 27.2 Å². The lowest BCUT2D eigenvalue weighted by atomic mass is 10.3. The molecule has 5 heteroatoms. The third kappa shape index (κ3) is 6.90. The Morgan fingerprint density at radius 3 is 2.53 bits per heavy atom. The summed E-state index contributed by atoms with van der Waals surface area (Å²) in [6, 6.07) is -0.374. The third-order valence-electron chi connectivity index (χ3n) is 1.80. The maximum Gasteiger partial charge on any atom is 0.319 e. The van der Waals surface area contributed by atoms with E-state index in [4.69, 9.17) is 4.74 Å². The number of nitrogens with one attached hydrogen (secondary N) is 2. The normalized spacial score (nSPS) is 11.9. The molecule has 0 aromatic carbocycles. The molecule has 1 unspecified atom stereocenters. The predicted molar refractivity (Wildman–Crippen MR) is 57.4 cm³/mol. The van der Waals surface area contributed by atoms with Crippen LogP contribution in [0.25, 0.3) is 0 Å². The molecule has 1 amide bonds. The average molecular weight is 216 g/mol. The van der Waals surface area contributed by atoms with Crippen LogP contribution in [-0.4, -0.2) is 37.6 Å². The molecule has 0 spiro atoms. The lowest BCUT2D eigenvalue weighted by molar-refractivity contribution is -0.142. The molecular formula is C10H20N2O3. The highest BCUT2D eigenvalue weighted by molar-refractivity contribution is 5.82. The Bertz CT molecular complexity index is 207. The molecule has 15 heavy (non-hydrogen) atoms. The van der Waals surface area contributed by atoms with Crippen LogP contribution >= 0.6 is 0 Å². The van der Waals surface area contributed by atoms with E-state index < -0.39 is 0 Å². The van der Waals surface area contributed by atoms with Crippen molar-refractivity contribution in [3.8, 4) is 0 Å². The molecule has 0 saturated carbocycles. The zero-order valence-electron chi connectivity index (χ0n) is 9.63. The molecule has 0 aliphatic heterocycles. The molecule has 88 valence electrons. The lowest BCUT2D eigenvalue weighted by Gasteiger charge is -2.12. The van der Waals surface area contributed by atoms with Crippen LogP contribution in [0.4, 0.5) is 0 Å². The monoisotopic (exact) mass is 216 g/mol. The van der Waals surface area contributed by atoms with Gasteiger partial charge in [-0.1, -0.05) is 6.92 Å². The number of ether oxygens (including phenoxy) is 1. The Kier molecular flexibility index (Phi) is 7.62. The second-order valence-electron chi connectivity index (χ2n) is 3.20. The molecule has 1 atom stereocenters. The molecule has 5 nitrogen and oxygen atoms in total. The van der Waals surface area contributed by atoms with Gasteiger partial charge >= 0.3 is 5.97 Å².